The fourth-order valence-electron chi connectivity index (χ4n) is 3.68. The zero-order chi connectivity index (χ0) is 15.4. The van der Waals surface area contributed by atoms with E-state index < -0.39 is 0 Å². The summed E-state index contributed by atoms with van der Waals surface area (Å²) in [7, 11) is 0. The summed E-state index contributed by atoms with van der Waals surface area (Å²) in [5.74, 6) is 3.31. The van der Waals surface area contributed by atoms with Crippen LogP contribution >= 0.6 is 0 Å². The first-order chi connectivity index (χ1) is 9.95. The van der Waals surface area contributed by atoms with Crippen molar-refractivity contribution in [2.45, 2.75) is 47.0 Å². The van der Waals surface area contributed by atoms with Gasteiger partial charge < -0.3 is 9.64 Å². The van der Waals surface area contributed by atoms with Crippen molar-refractivity contribution in [3.8, 4) is 5.75 Å². The normalized spacial score (nSPS) is 26.1. The molecule has 1 heterocycles. The Hall–Kier alpha value is -1.02. The van der Waals surface area contributed by atoms with Crippen LogP contribution in [0.5, 0.6) is 5.75 Å². The van der Waals surface area contributed by atoms with Gasteiger partial charge in [0.1, 0.15) is 18.9 Å². The number of quaternary nitrogens is 1. The molecule has 2 heteroatoms. The summed E-state index contributed by atoms with van der Waals surface area (Å²) < 4.78 is 6.13. The van der Waals surface area contributed by atoms with Crippen LogP contribution in [-0.4, -0.2) is 26.2 Å². The highest BCUT2D eigenvalue weighted by molar-refractivity contribution is 5.39. The van der Waals surface area contributed by atoms with E-state index in [4.69, 9.17) is 4.74 Å². The number of ether oxygens (including phenoxy) is 1. The van der Waals surface area contributed by atoms with E-state index in [-0.39, 0.29) is 0 Å². The van der Waals surface area contributed by atoms with E-state index in [1.807, 2.05) is 0 Å². The highest BCUT2D eigenvalue weighted by Gasteiger charge is 2.24. The zero-order valence-electron chi connectivity index (χ0n) is 14.4. The molecule has 1 unspecified atom stereocenters. The van der Waals surface area contributed by atoms with Gasteiger partial charge in [0.25, 0.3) is 0 Å². The van der Waals surface area contributed by atoms with Crippen LogP contribution in [0.4, 0.5) is 0 Å². The maximum absolute atomic E-state index is 6.13. The maximum atomic E-state index is 6.13. The quantitative estimate of drug-likeness (QED) is 0.880. The van der Waals surface area contributed by atoms with E-state index in [9.17, 15) is 0 Å². The molecule has 1 aromatic rings. The summed E-state index contributed by atoms with van der Waals surface area (Å²) in [5, 5.41) is 0. The molecule has 1 aromatic carbocycles. The SMILES string of the molecule is Cc1ccc(C(C)C)c(OCC[NH+]2C[C@H](C)C[C@H](C)C2)c1. The molecule has 0 aliphatic carbocycles. The average molecular weight is 290 g/mol. The number of likely N-dealkylation sites (tertiary alicyclic amines) is 1. The van der Waals surface area contributed by atoms with Crippen LogP contribution in [0.15, 0.2) is 18.2 Å². The van der Waals surface area contributed by atoms with Crippen LogP contribution in [0.1, 0.15) is 51.2 Å². The lowest BCUT2D eigenvalue weighted by Gasteiger charge is -2.32. The predicted octanol–water partition coefficient (Wildman–Crippen LogP) is 3.06. The lowest BCUT2D eigenvalue weighted by molar-refractivity contribution is -0.912. The summed E-state index contributed by atoms with van der Waals surface area (Å²) in [6, 6.07) is 6.58. The number of aryl methyl sites for hydroxylation is 1. The highest BCUT2D eigenvalue weighted by Crippen LogP contribution is 2.27. The summed E-state index contributed by atoms with van der Waals surface area (Å²) >= 11 is 0. The van der Waals surface area contributed by atoms with Crippen molar-refractivity contribution in [1.82, 2.24) is 0 Å². The third-order valence-corrected chi connectivity index (χ3v) is 4.58. The van der Waals surface area contributed by atoms with Gasteiger partial charge in [0.05, 0.1) is 13.1 Å². The molecule has 0 aromatic heterocycles. The molecule has 2 rings (SSSR count). The molecule has 1 fully saturated rings. The van der Waals surface area contributed by atoms with Gasteiger partial charge in [0.15, 0.2) is 0 Å². The molecule has 0 spiro atoms. The molecule has 1 saturated heterocycles. The minimum absolute atomic E-state index is 0.517. The fourth-order valence-corrected chi connectivity index (χ4v) is 3.68. The maximum Gasteiger partial charge on any atom is 0.137 e. The molecule has 0 amide bonds. The number of nitrogens with one attached hydrogen (secondary N) is 1. The van der Waals surface area contributed by atoms with E-state index >= 15 is 0 Å². The van der Waals surface area contributed by atoms with Gasteiger partial charge in [-0.2, -0.15) is 0 Å². The minimum atomic E-state index is 0.517. The van der Waals surface area contributed by atoms with Crippen molar-refractivity contribution in [3.05, 3.63) is 29.3 Å². The van der Waals surface area contributed by atoms with Gasteiger partial charge in [-0.1, -0.05) is 39.8 Å². The standard InChI is InChI=1S/C19H31NO/c1-14(2)18-7-6-15(3)11-19(18)21-9-8-20-12-16(4)10-17(5)13-20/h6-7,11,14,16-17H,8-10,12-13H2,1-5H3/p+1/t16-,17+. The Labute approximate surface area is 130 Å². The van der Waals surface area contributed by atoms with Crippen LogP contribution in [-0.2, 0) is 0 Å². The number of piperidine rings is 1. The molecule has 3 atom stereocenters. The molecule has 2 nitrogen and oxygen atoms in total. The molecule has 21 heavy (non-hydrogen) atoms. The van der Waals surface area contributed by atoms with Crippen LogP contribution in [0.2, 0.25) is 0 Å². The van der Waals surface area contributed by atoms with Gasteiger partial charge in [0, 0.05) is 11.8 Å². The Morgan fingerprint density at radius 2 is 1.86 bits per heavy atom. The van der Waals surface area contributed by atoms with E-state index in [1.165, 1.54) is 30.6 Å². The van der Waals surface area contributed by atoms with Gasteiger partial charge in [-0.15, -0.1) is 0 Å². The van der Waals surface area contributed by atoms with Gasteiger partial charge in [-0.05, 0) is 36.5 Å². The van der Waals surface area contributed by atoms with E-state index in [0.29, 0.717) is 5.92 Å². The second-order valence-electron chi connectivity index (χ2n) is 7.40. The fraction of sp³-hybridized carbons (Fsp3) is 0.684. The van der Waals surface area contributed by atoms with Crippen molar-refractivity contribution in [2.75, 3.05) is 26.2 Å². The predicted molar refractivity (Wildman–Crippen MR) is 89.3 cm³/mol. The number of rotatable bonds is 5. The van der Waals surface area contributed by atoms with Gasteiger partial charge in [-0.3, -0.25) is 0 Å². The summed E-state index contributed by atoms with van der Waals surface area (Å²) in [6.07, 6.45) is 1.39. The third kappa shape index (κ3) is 4.74. The van der Waals surface area contributed by atoms with Crippen molar-refractivity contribution in [2.24, 2.45) is 11.8 Å². The second-order valence-corrected chi connectivity index (χ2v) is 7.40. The zero-order valence-corrected chi connectivity index (χ0v) is 14.4. The van der Waals surface area contributed by atoms with Gasteiger partial charge >= 0.3 is 0 Å². The smallest absolute Gasteiger partial charge is 0.137 e. The Morgan fingerprint density at radius 1 is 1.19 bits per heavy atom. The molecule has 0 bridgehead atoms. The summed E-state index contributed by atoms with van der Waals surface area (Å²) in [4.78, 5) is 1.71. The second kappa shape index (κ2) is 7.31. The van der Waals surface area contributed by atoms with Crippen LogP contribution in [0.3, 0.4) is 0 Å². The molecule has 118 valence electrons. The van der Waals surface area contributed by atoms with E-state index in [2.05, 4.69) is 52.8 Å². The van der Waals surface area contributed by atoms with Crippen molar-refractivity contribution in [3.63, 3.8) is 0 Å². The van der Waals surface area contributed by atoms with Gasteiger partial charge in [0.2, 0.25) is 0 Å². The van der Waals surface area contributed by atoms with Gasteiger partial charge in [-0.25, -0.2) is 0 Å². The minimum Gasteiger partial charge on any atom is -0.487 e. The molecular formula is C19H32NO+. The van der Waals surface area contributed by atoms with E-state index in [1.54, 1.807) is 4.90 Å². The first-order valence-electron chi connectivity index (χ1n) is 8.52. The highest BCUT2D eigenvalue weighted by atomic mass is 16.5. The van der Waals surface area contributed by atoms with Crippen molar-refractivity contribution in [1.29, 1.82) is 0 Å². The average Bonchev–Trinajstić information content (AvgIpc) is 2.37. The first-order valence-corrected chi connectivity index (χ1v) is 8.52. The third-order valence-electron chi connectivity index (χ3n) is 4.58. The number of benzene rings is 1. The molecule has 1 N–H and O–H groups in total. The lowest BCUT2D eigenvalue weighted by Crippen LogP contribution is -3.14. The lowest BCUT2D eigenvalue weighted by atomic mass is 9.92. The van der Waals surface area contributed by atoms with Crippen molar-refractivity contribution >= 4 is 0 Å². The van der Waals surface area contributed by atoms with Crippen LogP contribution in [0.25, 0.3) is 0 Å². The Bertz CT molecular complexity index is 445. The van der Waals surface area contributed by atoms with E-state index in [0.717, 1.165) is 30.7 Å². The number of hydrogen-bond acceptors (Lipinski definition) is 1. The first kappa shape index (κ1) is 16.4. The summed E-state index contributed by atoms with van der Waals surface area (Å²) in [5.41, 5.74) is 2.61. The summed E-state index contributed by atoms with van der Waals surface area (Å²) in [6.45, 7) is 15.9. The monoisotopic (exact) mass is 290 g/mol. The molecular weight excluding hydrogens is 258 g/mol. The van der Waals surface area contributed by atoms with Crippen LogP contribution < -0.4 is 9.64 Å². The Kier molecular flexibility index (Phi) is 5.69. The molecule has 1 aliphatic rings. The number of hydrogen-bond donors (Lipinski definition) is 1. The van der Waals surface area contributed by atoms with Crippen molar-refractivity contribution < 1.29 is 9.64 Å². The topological polar surface area (TPSA) is 13.7 Å². The molecule has 0 radical (unpaired) electrons. The Morgan fingerprint density at radius 3 is 2.48 bits per heavy atom. The van der Waals surface area contributed by atoms with Crippen LogP contribution in [0, 0.1) is 18.8 Å². The molecule has 1 aliphatic heterocycles. The molecule has 0 saturated carbocycles. The largest absolute Gasteiger partial charge is 0.487 e. The Balaban J connectivity index is 1.90.